The molecule has 1 aromatic rings. The molecule has 88 valence electrons. The largest absolute Gasteiger partial charge is 0.462 e. The predicted molar refractivity (Wildman–Crippen MR) is 62.8 cm³/mol. The van der Waals surface area contributed by atoms with Gasteiger partial charge in [0.2, 0.25) is 0 Å². The summed E-state index contributed by atoms with van der Waals surface area (Å²) in [5.41, 5.74) is 6.10. The van der Waals surface area contributed by atoms with Crippen molar-refractivity contribution in [2.45, 2.75) is 24.8 Å². The number of anilines is 1. The average Bonchev–Trinajstić information content (AvgIpc) is 2.18. The Balaban J connectivity index is 2.54. The maximum Gasteiger partial charge on any atom is 0.316 e. The number of ether oxygens (including phenoxy) is 1. The zero-order chi connectivity index (χ0) is 12.1. The first-order valence-electron chi connectivity index (χ1n) is 4.86. The molecule has 1 rings (SSSR count). The Kier molecular flexibility index (Phi) is 4.61. The summed E-state index contributed by atoms with van der Waals surface area (Å²) in [6, 6.07) is 4.07. The van der Waals surface area contributed by atoms with Crippen molar-refractivity contribution in [3.8, 4) is 0 Å². The minimum Gasteiger partial charge on any atom is -0.462 e. The van der Waals surface area contributed by atoms with Crippen LogP contribution in [0.5, 0.6) is 0 Å². The molecule has 0 aliphatic rings. The summed E-state index contributed by atoms with van der Waals surface area (Å²) >= 11 is 1.17. The number of carbonyl (C=O) groups excluding carboxylic acids is 1. The van der Waals surface area contributed by atoms with Gasteiger partial charge in [-0.25, -0.2) is 4.39 Å². The molecular weight excluding hydrogens is 229 g/mol. The lowest BCUT2D eigenvalue weighted by Gasteiger charge is -2.08. The quantitative estimate of drug-likeness (QED) is 0.501. The van der Waals surface area contributed by atoms with Gasteiger partial charge in [-0.3, -0.25) is 4.79 Å². The third kappa shape index (κ3) is 4.10. The van der Waals surface area contributed by atoms with E-state index in [4.69, 9.17) is 10.5 Å². The summed E-state index contributed by atoms with van der Waals surface area (Å²) in [6.45, 7) is 3.55. The second-order valence-corrected chi connectivity index (χ2v) is 4.53. The van der Waals surface area contributed by atoms with Gasteiger partial charge in [-0.1, -0.05) is 0 Å². The zero-order valence-electron chi connectivity index (χ0n) is 9.20. The number of benzene rings is 1. The van der Waals surface area contributed by atoms with Gasteiger partial charge >= 0.3 is 5.97 Å². The number of nitrogens with two attached hydrogens (primary N) is 1. The second-order valence-electron chi connectivity index (χ2n) is 3.51. The van der Waals surface area contributed by atoms with E-state index in [2.05, 4.69) is 0 Å². The first-order chi connectivity index (χ1) is 7.49. The zero-order valence-corrected chi connectivity index (χ0v) is 10.0. The van der Waals surface area contributed by atoms with Gasteiger partial charge in [0.1, 0.15) is 5.82 Å². The van der Waals surface area contributed by atoms with Crippen LogP contribution < -0.4 is 5.73 Å². The van der Waals surface area contributed by atoms with Crippen LogP contribution in [0.4, 0.5) is 10.1 Å². The summed E-state index contributed by atoms with van der Waals surface area (Å²) in [7, 11) is 0. The fourth-order valence-corrected chi connectivity index (χ4v) is 1.84. The fourth-order valence-electron chi connectivity index (χ4n) is 1.07. The van der Waals surface area contributed by atoms with E-state index in [-0.39, 0.29) is 23.6 Å². The number of thioether (sulfide) groups is 1. The molecular formula is C11H14FNO2S. The van der Waals surface area contributed by atoms with Gasteiger partial charge in [0, 0.05) is 10.6 Å². The maximum atomic E-state index is 12.9. The van der Waals surface area contributed by atoms with Crippen molar-refractivity contribution in [1.29, 1.82) is 0 Å². The van der Waals surface area contributed by atoms with Crippen molar-refractivity contribution in [3.63, 3.8) is 0 Å². The molecule has 2 N–H and O–H groups in total. The highest BCUT2D eigenvalue weighted by Crippen LogP contribution is 2.25. The van der Waals surface area contributed by atoms with Gasteiger partial charge in [-0.05, 0) is 32.0 Å². The SMILES string of the molecule is CC(C)OC(=O)CSc1cc(F)ccc1N. The Morgan fingerprint density at radius 1 is 1.56 bits per heavy atom. The third-order valence-electron chi connectivity index (χ3n) is 1.69. The molecule has 0 unspecified atom stereocenters. The van der Waals surface area contributed by atoms with Crippen LogP contribution in [-0.4, -0.2) is 17.8 Å². The van der Waals surface area contributed by atoms with Gasteiger partial charge in [0.25, 0.3) is 0 Å². The molecule has 0 saturated carbocycles. The number of hydrogen-bond donors (Lipinski definition) is 1. The van der Waals surface area contributed by atoms with E-state index in [1.165, 1.54) is 30.0 Å². The van der Waals surface area contributed by atoms with E-state index in [1.54, 1.807) is 13.8 Å². The van der Waals surface area contributed by atoms with Gasteiger partial charge in [-0.2, -0.15) is 0 Å². The molecule has 0 fully saturated rings. The van der Waals surface area contributed by atoms with Crippen LogP contribution in [0.25, 0.3) is 0 Å². The molecule has 0 radical (unpaired) electrons. The van der Waals surface area contributed by atoms with Crippen molar-refractivity contribution in [2.75, 3.05) is 11.5 Å². The molecule has 0 amide bonds. The molecule has 5 heteroatoms. The summed E-state index contributed by atoms with van der Waals surface area (Å²) in [5, 5.41) is 0. The molecule has 3 nitrogen and oxygen atoms in total. The number of hydrogen-bond acceptors (Lipinski definition) is 4. The van der Waals surface area contributed by atoms with E-state index in [0.717, 1.165) is 0 Å². The lowest BCUT2D eigenvalue weighted by molar-refractivity contribution is -0.144. The topological polar surface area (TPSA) is 52.3 Å². The Morgan fingerprint density at radius 2 is 2.25 bits per heavy atom. The molecule has 16 heavy (non-hydrogen) atoms. The minimum absolute atomic E-state index is 0.131. The highest BCUT2D eigenvalue weighted by atomic mass is 32.2. The molecule has 1 aromatic carbocycles. The average molecular weight is 243 g/mol. The van der Waals surface area contributed by atoms with E-state index in [9.17, 15) is 9.18 Å². The van der Waals surface area contributed by atoms with Crippen LogP contribution in [0.3, 0.4) is 0 Å². The van der Waals surface area contributed by atoms with E-state index in [1.807, 2.05) is 0 Å². The molecule has 0 aromatic heterocycles. The fraction of sp³-hybridized carbons (Fsp3) is 0.364. The smallest absolute Gasteiger partial charge is 0.316 e. The number of halogens is 1. The second kappa shape index (κ2) is 5.75. The molecule has 0 atom stereocenters. The van der Waals surface area contributed by atoms with Crippen LogP contribution in [0, 0.1) is 5.82 Å². The number of rotatable bonds is 4. The van der Waals surface area contributed by atoms with E-state index in [0.29, 0.717) is 10.6 Å². The molecule has 0 heterocycles. The highest BCUT2D eigenvalue weighted by Gasteiger charge is 2.08. The Hall–Kier alpha value is -1.23. The van der Waals surface area contributed by atoms with Crippen LogP contribution in [0.1, 0.15) is 13.8 Å². The maximum absolute atomic E-state index is 12.9. The van der Waals surface area contributed by atoms with Gasteiger partial charge in [0.05, 0.1) is 11.9 Å². The van der Waals surface area contributed by atoms with Crippen molar-refractivity contribution < 1.29 is 13.9 Å². The van der Waals surface area contributed by atoms with Crippen molar-refractivity contribution in [3.05, 3.63) is 24.0 Å². The van der Waals surface area contributed by atoms with Gasteiger partial charge in [0.15, 0.2) is 0 Å². The summed E-state index contributed by atoms with van der Waals surface area (Å²) in [6.07, 6.45) is -0.141. The summed E-state index contributed by atoms with van der Waals surface area (Å²) in [5.74, 6) is -0.566. The molecule has 0 aliphatic carbocycles. The molecule has 0 spiro atoms. The normalized spacial score (nSPS) is 10.5. The standard InChI is InChI=1S/C11H14FNO2S/c1-7(2)15-11(14)6-16-10-5-8(12)3-4-9(10)13/h3-5,7H,6,13H2,1-2H3. The highest BCUT2D eigenvalue weighted by molar-refractivity contribution is 8.00. The number of carbonyl (C=O) groups is 1. The van der Waals surface area contributed by atoms with Gasteiger partial charge < -0.3 is 10.5 Å². The Bertz CT molecular complexity index is 382. The van der Waals surface area contributed by atoms with Crippen molar-refractivity contribution >= 4 is 23.4 Å². The molecule has 0 saturated heterocycles. The Morgan fingerprint density at radius 3 is 2.88 bits per heavy atom. The van der Waals surface area contributed by atoms with Crippen LogP contribution in [-0.2, 0) is 9.53 Å². The van der Waals surface area contributed by atoms with Crippen LogP contribution in [0.2, 0.25) is 0 Å². The summed E-state index contributed by atoms with van der Waals surface area (Å²) < 4.78 is 17.8. The van der Waals surface area contributed by atoms with E-state index >= 15 is 0 Å². The first kappa shape index (κ1) is 12.8. The summed E-state index contributed by atoms with van der Waals surface area (Å²) in [4.78, 5) is 11.8. The Labute approximate surface area is 98.2 Å². The first-order valence-corrected chi connectivity index (χ1v) is 5.85. The van der Waals surface area contributed by atoms with Crippen molar-refractivity contribution in [2.24, 2.45) is 0 Å². The lowest BCUT2D eigenvalue weighted by Crippen LogP contribution is -2.13. The monoisotopic (exact) mass is 243 g/mol. The number of esters is 1. The van der Waals surface area contributed by atoms with Gasteiger partial charge in [-0.15, -0.1) is 11.8 Å². The molecule has 0 bridgehead atoms. The third-order valence-corrected chi connectivity index (χ3v) is 2.73. The minimum atomic E-state index is -0.367. The predicted octanol–water partition coefficient (Wildman–Crippen LogP) is 2.45. The number of nitrogen functional groups attached to an aromatic ring is 1. The van der Waals surface area contributed by atoms with Crippen LogP contribution >= 0.6 is 11.8 Å². The van der Waals surface area contributed by atoms with E-state index < -0.39 is 0 Å². The van der Waals surface area contributed by atoms with Crippen LogP contribution in [0.15, 0.2) is 23.1 Å². The molecule has 0 aliphatic heterocycles. The lowest BCUT2D eigenvalue weighted by atomic mass is 10.3. The van der Waals surface area contributed by atoms with Crippen molar-refractivity contribution in [1.82, 2.24) is 0 Å².